The third kappa shape index (κ3) is 3.73. The number of carbonyl (C=O) groups is 2. The van der Waals surface area contributed by atoms with Crippen LogP contribution in [-0.2, 0) is 7.05 Å². The molecule has 0 atom stereocenters. The lowest BCUT2D eigenvalue weighted by Gasteiger charge is -2.07. The number of amides is 1. The van der Waals surface area contributed by atoms with Crippen molar-refractivity contribution < 1.29 is 14.7 Å². The summed E-state index contributed by atoms with van der Waals surface area (Å²) in [4.78, 5) is 24.3. The van der Waals surface area contributed by atoms with Crippen molar-refractivity contribution in [1.29, 1.82) is 5.26 Å². The highest BCUT2D eigenvalue weighted by Crippen LogP contribution is 2.29. The first-order valence-corrected chi connectivity index (χ1v) is 8.57. The van der Waals surface area contributed by atoms with Crippen molar-refractivity contribution in [3.05, 3.63) is 69.7 Å². The molecule has 27 heavy (non-hydrogen) atoms. The fourth-order valence-electron chi connectivity index (χ4n) is 2.56. The lowest BCUT2D eigenvalue weighted by molar-refractivity contribution is 0.0699. The van der Waals surface area contributed by atoms with Crippen LogP contribution in [0.5, 0.6) is 0 Å². The monoisotopic (exact) mass is 424 g/mol. The SMILES string of the molecule is Cn1nc(-c2ccc(C#N)cc2)c(C(=O)O)c1NC(=O)c1ccc(Br)cc1. The fourth-order valence-corrected chi connectivity index (χ4v) is 2.82. The summed E-state index contributed by atoms with van der Waals surface area (Å²) in [5, 5.41) is 25.4. The summed E-state index contributed by atoms with van der Waals surface area (Å²) < 4.78 is 2.14. The summed E-state index contributed by atoms with van der Waals surface area (Å²) in [6.07, 6.45) is 0. The molecule has 0 aliphatic carbocycles. The molecule has 2 N–H and O–H groups in total. The first kappa shape index (κ1) is 18.4. The third-order valence-corrected chi connectivity index (χ3v) is 4.42. The highest BCUT2D eigenvalue weighted by Gasteiger charge is 2.25. The number of carboxylic acid groups (broad SMARTS) is 1. The summed E-state index contributed by atoms with van der Waals surface area (Å²) in [5.74, 6) is -1.58. The van der Waals surface area contributed by atoms with Gasteiger partial charge in [0.15, 0.2) is 0 Å². The van der Waals surface area contributed by atoms with Gasteiger partial charge in [0.25, 0.3) is 5.91 Å². The summed E-state index contributed by atoms with van der Waals surface area (Å²) >= 11 is 3.30. The van der Waals surface area contributed by atoms with Gasteiger partial charge in [-0.2, -0.15) is 10.4 Å². The van der Waals surface area contributed by atoms with Crippen LogP contribution in [-0.4, -0.2) is 26.8 Å². The summed E-state index contributed by atoms with van der Waals surface area (Å²) in [7, 11) is 1.55. The Morgan fingerprint density at radius 1 is 1.15 bits per heavy atom. The number of rotatable bonds is 4. The van der Waals surface area contributed by atoms with E-state index in [1.165, 1.54) is 4.68 Å². The molecule has 1 heterocycles. The van der Waals surface area contributed by atoms with Gasteiger partial charge in [0.2, 0.25) is 0 Å². The number of carboxylic acids is 1. The molecule has 0 fully saturated rings. The van der Waals surface area contributed by atoms with Crippen LogP contribution in [0.3, 0.4) is 0 Å². The zero-order chi connectivity index (χ0) is 19.6. The van der Waals surface area contributed by atoms with Crippen LogP contribution in [0, 0.1) is 11.3 Å². The highest BCUT2D eigenvalue weighted by molar-refractivity contribution is 9.10. The number of carbonyl (C=O) groups excluding carboxylic acids is 1. The maximum atomic E-state index is 12.5. The number of hydrogen-bond acceptors (Lipinski definition) is 4. The summed E-state index contributed by atoms with van der Waals surface area (Å²) in [5.41, 5.74) is 1.46. The normalized spacial score (nSPS) is 10.3. The maximum absolute atomic E-state index is 12.5. The molecule has 0 bridgehead atoms. The van der Waals surface area contributed by atoms with E-state index in [9.17, 15) is 14.7 Å². The molecular weight excluding hydrogens is 412 g/mol. The molecular formula is C19H13BrN4O3. The maximum Gasteiger partial charge on any atom is 0.341 e. The van der Waals surface area contributed by atoms with E-state index in [1.54, 1.807) is 55.6 Å². The summed E-state index contributed by atoms with van der Waals surface area (Å²) in [6, 6.07) is 15.1. The van der Waals surface area contributed by atoms with Gasteiger partial charge in [-0.3, -0.25) is 9.48 Å². The van der Waals surface area contributed by atoms with Gasteiger partial charge in [-0.15, -0.1) is 0 Å². The van der Waals surface area contributed by atoms with Crippen molar-refractivity contribution in [3.63, 3.8) is 0 Å². The van der Waals surface area contributed by atoms with Crippen LogP contribution in [0.2, 0.25) is 0 Å². The molecule has 7 nitrogen and oxygen atoms in total. The number of nitrogens with one attached hydrogen (secondary N) is 1. The first-order chi connectivity index (χ1) is 12.9. The lowest BCUT2D eigenvalue weighted by Crippen LogP contribution is -2.16. The number of aryl methyl sites for hydroxylation is 1. The Kier molecular flexibility index (Phi) is 5.05. The number of nitrogens with zero attached hydrogens (tertiary/aromatic N) is 3. The van der Waals surface area contributed by atoms with E-state index >= 15 is 0 Å². The molecule has 3 aromatic rings. The van der Waals surface area contributed by atoms with Crippen molar-refractivity contribution in [1.82, 2.24) is 9.78 Å². The second-order valence-corrected chi connectivity index (χ2v) is 6.57. The fraction of sp³-hybridized carbons (Fsp3) is 0.0526. The van der Waals surface area contributed by atoms with Crippen LogP contribution in [0.25, 0.3) is 11.3 Å². The van der Waals surface area contributed by atoms with Crippen LogP contribution in [0.4, 0.5) is 5.82 Å². The van der Waals surface area contributed by atoms with Crippen molar-refractivity contribution in [3.8, 4) is 17.3 Å². The van der Waals surface area contributed by atoms with Gasteiger partial charge in [-0.1, -0.05) is 28.1 Å². The quantitative estimate of drug-likeness (QED) is 0.663. The smallest absolute Gasteiger partial charge is 0.341 e. The molecule has 1 aromatic heterocycles. The molecule has 0 aliphatic heterocycles. The first-order valence-electron chi connectivity index (χ1n) is 7.78. The Morgan fingerprint density at radius 2 is 1.78 bits per heavy atom. The number of anilines is 1. The van der Waals surface area contributed by atoms with Gasteiger partial charge < -0.3 is 10.4 Å². The minimum absolute atomic E-state index is 0.0785. The van der Waals surface area contributed by atoms with E-state index in [-0.39, 0.29) is 17.1 Å². The molecule has 134 valence electrons. The van der Waals surface area contributed by atoms with Crippen LogP contribution in [0.1, 0.15) is 26.3 Å². The van der Waals surface area contributed by atoms with Gasteiger partial charge in [0.05, 0.1) is 11.6 Å². The number of aromatic nitrogens is 2. The van der Waals surface area contributed by atoms with Crippen LogP contribution >= 0.6 is 15.9 Å². The van der Waals surface area contributed by atoms with Crippen molar-refractivity contribution in [2.24, 2.45) is 7.05 Å². The van der Waals surface area contributed by atoms with E-state index in [1.807, 2.05) is 6.07 Å². The molecule has 0 aliphatic rings. The number of halogens is 1. The Bertz CT molecular complexity index is 1060. The Balaban J connectivity index is 2.01. The van der Waals surface area contributed by atoms with E-state index in [0.29, 0.717) is 16.7 Å². The van der Waals surface area contributed by atoms with E-state index < -0.39 is 11.9 Å². The van der Waals surface area contributed by atoms with Crippen molar-refractivity contribution in [2.75, 3.05) is 5.32 Å². The predicted octanol–water partition coefficient (Wildman–Crippen LogP) is 3.67. The third-order valence-electron chi connectivity index (χ3n) is 3.89. The van der Waals surface area contributed by atoms with E-state index in [0.717, 1.165) is 4.47 Å². The van der Waals surface area contributed by atoms with Gasteiger partial charge in [-0.05, 0) is 36.4 Å². The van der Waals surface area contributed by atoms with E-state index in [2.05, 4.69) is 26.3 Å². The Morgan fingerprint density at radius 3 is 2.33 bits per heavy atom. The molecule has 0 unspecified atom stereocenters. The molecule has 3 rings (SSSR count). The van der Waals surface area contributed by atoms with Crippen LogP contribution in [0.15, 0.2) is 53.0 Å². The number of benzene rings is 2. The molecule has 8 heteroatoms. The van der Waals surface area contributed by atoms with Gasteiger partial charge in [0.1, 0.15) is 17.1 Å². The standard InChI is InChI=1S/C19H13BrN4O3/c1-24-17(22-18(25)13-6-8-14(20)9-7-13)15(19(26)27)16(23-24)12-4-2-11(10-21)3-5-12/h2-9H,1H3,(H,22,25)(H,26,27). The zero-order valence-corrected chi connectivity index (χ0v) is 15.7. The zero-order valence-electron chi connectivity index (χ0n) is 14.1. The molecule has 0 spiro atoms. The molecule has 0 saturated heterocycles. The second kappa shape index (κ2) is 7.43. The topological polar surface area (TPSA) is 108 Å². The highest BCUT2D eigenvalue weighted by atomic mass is 79.9. The minimum atomic E-state index is -1.21. The average molecular weight is 425 g/mol. The largest absolute Gasteiger partial charge is 0.477 e. The van der Waals surface area contributed by atoms with Gasteiger partial charge in [0, 0.05) is 22.6 Å². The summed E-state index contributed by atoms with van der Waals surface area (Å²) in [6.45, 7) is 0. The Labute approximate surface area is 163 Å². The molecule has 1 amide bonds. The molecule has 0 saturated carbocycles. The molecule has 2 aromatic carbocycles. The number of hydrogen-bond donors (Lipinski definition) is 2. The van der Waals surface area contributed by atoms with Crippen LogP contribution < -0.4 is 5.32 Å². The van der Waals surface area contributed by atoms with Crippen molar-refractivity contribution >= 4 is 33.6 Å². The number of nitriles is 1. The second-order valence-electron chi connectivity index (χ2n) is 5.65. The Hall–Kier alpha value is -3.44. The van der Waals surface area contributed by atoms with Crippen molar-refractivity contribution in [2.45, 2.75) is 0 Å². The average Bonchev–Trinajstić information content (AvgIpc) is 2.99. The number of aromatic carboxylic acids is 1. The molecule has 0 radical (unpaired) electrons. The van der Waals surface area contributed by atoms with Gasteiger partial charge in [-0.25, -0.2) is 4.79 Å². The predicted molar refractivity (Wildman–Crippen MR) is 102 cm³/mol. The minimum Gasteiger partial charge on any atom is -0.477 e. The van der Waals surface area contributed by atoms with E-state index in [4.69, 9.17) is 5.26 Å². The lowest BCUT2D eigenvalue weighted by atomic mass is 10.1. The van der Waals surface area contributed by atoms with Gasteiger partial charge >= 0.3 is 5.97 Å².